The second-order valence-electron chi connectivity index (χ2n) is 5.17. The zero-order chi connectivity index (χ0) is 14.3. The summed E-state index contributed by atoms with van der Waals surface area (Å²) in [7, 11) is 0. The van der Waals surface area contributed by atoms with Gasteiger partial charge in [-0.15, -0.1) is 12.4 Å². The molecule has 1 amide bonds. The molecule has 1 aromatic carbocycles. The lowest BCUT2D eigenvalue weighted by molar-refractivity contribution is -0.132. The van der Waals surface area contributed by atoms with Gasteiger partial charge in [0, 0.05) is 25.6 Å². The zero-order valence-electron chi connectivity index (χ0n) is 12.7. The van der Waals surface area contributed by atoms with Crippen LogP contribution in [0.15, 0.2) is 30.3 Å². The van der Waals surface area contributed by atoms with E-state index in [0.29, 0.717) is 12.3 Å². The molecular formula is C16H27ClN2O. The van der Waals surface area contributed by atoms with Gasteiger partial charge in [-0.3, -0.25) is 4.79 Å². The smallest absolute Gasteiger partial charge is 0.224 e. The molecule has 0 bridgehead atoms. The predicted molar refractivity (Wildman–Crippen MR) is 86.9 cm³/mol. The van der Waals surface area contributed by atoms with Gasteiger partial charge in [-0.05, 0) is 18.4 Å². The number of hydrogen-bond acceptors (Lipinski definition) is 2. The van der Waals surface area contributed by atoms with Gasteiger partial charge >= 0.3 is 0 Å². The molecule has 0 aliphatic heterocycles. The summed E-state index contributed by atoms with van der Waals surface area (Å²) in [6.45, 7) is 7.93. The predicted octanol–water partition coefficient (Wildman–Crippen LogP) is 3.39. The minimum atomic E-state index is -0.209. The standard InChI is InChI=1S/C16H26N2O.ClH/c1-4-13(3)12-18(5-2)16(19)11-15(17)14-9-7-6-8-10-14;/h6-10,13,15H,4-5,11-12,17H2,1-3H3;1H. The summed E-state index contributed by atoms with van der Waals surface area (Å²) in [6.07, 6.45) is 1.48. The SMILES string of the molecule is CCC(C)CN(CC)C(=O)CC(N)c1ccccc1.Cl. The first-order valence-corrected chi connectivity index (χ1v) is 7.16. The first kappa shape index (κ1) is 18.9. The van der Waals surface area contributed by atoms with Crippen molar-refractivity contribution < 1.29 is 4.79 Å². The molecule has 114 valence electrons. The first-order chi connectivity index (χ1) is 9.08. The maximum atomic E-state index is 12.3. The summed E-state index contributed by atoms with van der Waals surface area (Å²) >= 11 is 0. The molecule has 20 heavy (non-hydrogen) atoms. The van der Waals surface area contributed by atoms with E-state index in [0.717, 1.165) is 25.1 Å². The monoisotopic (exact) mass is 298 g/mol. The number of benzene rings is 1. The van der Waals surface area contributed by atoms with E-state index in [1.165, 1.54) is 0 Å². The quantitative estimate of drug-likeness (QED) is 0.838. The molecule has 3 nitrogen and oxygen atoms in total. The summed E-state index contributed by atoms with van der Waals surface area (Å²) in [5.74, 6) is 0.691. The van der Waals surface area contributed by atoms with Gasteiger partial charge in [-0.1, -0.05) is 50.6 Å². The lowest BCUT2D eigenvalue weighted by Gasteiger charge is -2.25. The third-order valence-electron chi connectivity index (χ3n) is 3.59. The Bertz CT molecular complexity index is 383. The Morgan fingerprint density at radius 2 is 1.85 bits per heavy atom. The van der Waals surface area contributed by atoms with Crippen molar-refractivity contribution in [3.05, 3.63) is 35.9 Å². The van der Waals surface area contributed by atoms with Crippen LogP contribution >= 0.6 is 12.4 Å². The average molecular weight is 299 g/mol. The van der Waals surface area contributed by atoms with Gasteiger partial charge in [0.2, 0.25) is 5.91 Å². The van der Waals surface area contributed by atoms with E-state index < -0.39 is 0 Å². The van der Waals surface area contributed by atoms with Crippen molar-refractivity contribution in [3.8, 4) is 0 Å². The van der Waals surface area contributed by atoms with Crippen LogP contribution in [0.25, 0.3) is 0 Å². The molecule has 0 saturated carbocycles. The number of rotatable bonds is 7. The molecule has 0 fully saturated rings. The third kappa shape index (κ3) is 5.93. The van der Waals surface area contributed by atoms with E-state index in [9.17, 15) is 4.79 Å². The first-order valence-electron chi connectivity index (χ1n) is 7.16. The van der Waals surface area contributed by atoms with Crippen molar-refractivity contribution in [2.75, 3.05) is 13.1 Å². The number of hydrogen-bond donors (Lipinski definition) is 1. The van der Waals surface area contributed by atoms with E-state index in [4.69, 9.17) is 5.73 Å². The number of halogens is 1. The van der Waals surface area contributed by atoms with Gasteiger partial charge in [0.15, 0.2) is 0 Å². The fourth-order valence-corrected chi connectivity index (χ4v) is 2.05. The minimum Gasteiger partial charge on any atom is -0.343 e. The molecule has 0 heterocycles. The van der Waals surface area contributed by atoms with Crippen LogP contribution in [-0.2, 0) is 4.79 Å². The highest BCUT2D eigenvalue weighted by Gasteiger charge is 2.18. The molecule has 0 spiro atoms. The van der Waals surface area contributed by atoms with Crippen LogP contribution in [0.3, 0.4) is 0 Å². The number of carbonyl (C=O) groups is 1. The van der Waals surface area contributed by atoms with Crippen LogP contribution in [-0.4, -0.2) is 23.9 Å². The van der Waals surface area contributed by atoms with Crippen molar-refractivity contribution in [1.29, 1.82) is 0 Å². The summed E-state index contributed by atoms with van der Waals surface area (Å²) in [5.41, 5.74) is 7.13. The molecule has 2 atom stereocenters. The largest absolute Gasteiger partial charge is 0.343 e. The Morgan fingerprint density at radius 1 is 1.25 bits per heavy atom. The van der Waals surface area contributed by atoms with Gasteiger partial charge in [0.25, 0.3) is 0 Å². The van der Waals surface area contributed by atoms with Crippen molar-refractivity contribution >= 4 is 18.3 Å². The summed E-state index contributed by atoms with van der Waals surface area (Å²) in [4.78, 5) is 14.2. The number of carbonyl (C=O) groups excluding carboxylic acids is 1. The second kappa shape index (κ2) is 9.78. The fourth-order valence-electron chi connectivity index (χ4n) is 2.05. The molecule has 0 aliphatic carbocycles. The Labute approximate surface area is 128 Å². The van der Waals surface area contributed by atoms with Crippen LogP contribution in [0.2, 0.25) is 0 Å². The van der Waals surface area contributed by atoms with Gasteiger partial charge in [-0.25, -0.2) is 0 Å². The second-order valence-corrected chi connectivity index (χ2v) is 5.17. The molecule has 4 heteroatoms. The molecular weight excluding hydrogens is 272 g/mol. The third-order valence-corrected chi connectivity index (χ3v) is 3.59. The summed E-state index contributed by atoms with van der Waals surface area (Å²) in [6, 6.07) is 9.61. The lowest BCUT2D eigenvalue weighted by atomic mass is 10.0. The molecule has 2 unspecified atom stereocenters. The van der Waals surface area contributed by atoms with E-state index in [-0.39, 0.29) is 24.4 Å². The Morgan fingerprint density at radius 3 is 2.35 bits per heavy atom. The molecule has 1 aromatic rings. The van der Waals surface area contributed by atoms with E-state index >= 15 is 0 Å². The highest BCUT2D eigenvalue weighted by molar-refractivity contribution is 5.85. The lowest BCUT2D eigenvalue weighted by Crippen LogP contribution is -2.36. The van der Waals surface area contributed by atoms with Crippen LogP contribution < -0.4 is 5.73 Å². The Kier molecular flexibility index (Phi) is 9.26. The average Bonchev–Trinajstić information content (AvgIpc) is 2.45. The topological polar surface area (TPSA) is 46.3 Å². The minimum absolute atomic E-state index is 0. The highest BCUT2D eigenvalue weighted by atomic mass is 35.5. The number of nitrogens with two attached hydrogens (primary N) is 1. The van der Waals surface area contributed by atoms with Crippen molar-refractivity contribution in [1.82, 2.24) is 4.90 Å². The van der Waals surface area contributed by atoms with Crippen molar-refractivity contribution in [3.63, 3.8) is 0 Å². The Hall–Kier alpha value is -1.06. The van der Waals surface area contributed by atoms with Crippen LogP contribution in [0.1, 0.15) is 45.2 Å². The molecule has 0 saturated heterocycles. The molecule has 0 radical (unpaired) electrons. The molecule has 0 aliphatic rings. The molecule has 2 N–H and O–H groups in total. The van der Waals surface area contributed by atoms with Gasteiger partial charge in [-0.2, -0.15) is 0 Å². The number of amides is 1. The van der Waals surface area contributed by atoms with Crippen LogP contribution in [0, 0.1) is 5.92 Å². The van der Waals surface area contributed by atoms with E-state index in [1.807, 2.05) is 42.2 Å². The van der Waals surface area contributed by atoms with Crippen LogP contribution in [0.4, 0.5) is 0 Å². The van der Waals surface area contributed by atoms with Gasteiger partial charge in [0.1, 0.15) is 0 Å². The van der Waals surface area contributed by atoms with E-state index in [1.54, 1.807) is 0 Å². The Balaban J connectivity index is 0.00000361. The van der Waals surface area contributed by atoms with Crippen molar-refractivity contribution in [2.24, 2.45) is 11.7 Å². The number of nitrogens with zero attached hydrogens (tertiary/aromatic N) is 1. The summed E-state index contributed by atoms with van der Waals surface area (Å²) in [5, 5.41) is 0. The van der Waals surface area contributed by atoms with Crippen LogP contribution in [0.5, 0.6) is 0 Å². The van der Waals surface area contributed by atoms with Crippen molar-refractivity contribution in [2.45, 2.75) is 39.7 Å². The summed E-state index contributed by atoms with van der Waals surface area (Å²) < 4.78 is 0. The maximum absolute atomic E-state index is 12.3. The maximum Gasteiger partial charge on any atom is 0.224 e. The van der Waals surface area contributed by atoms with Gasteiger partial charge < -0.3 is 10.6 Å². The molecule has 1 rings (SSSR count). The normalized spacial score (nSPS) is 13.2. The van der Waals surface area contributed by atoms with Gasteiger partial charge in [0.05, 0.1) is 0 Å². The fraction of sp³-hybridized carbons (Fsp3) is 0.562. The zero-order valence-corrected chi connectivity index (χ0v) is 13.5. The molecule has 0 aromatic heterocycles. The van der Waals surface area contributed by atoms with E-state index in [2.05, 4.69) is 13.8 Å². The highest BCUT2D eigenvalue weighted by Crippen LogP contribution is 2.15.